The summed E-state index contributed by atoms with van der Waals surface area (Å²) in [6.45, 7) is 7.06. The van der Waals surface area contributed by atoms with Crippen LogP contribution in [-0.2, 0) is 27.9 Å². The van der Waals surface area contributed by atoms with Crippen molar-refractivity contribution in [3.05, 3.63) is 36.5 Å². The largest absolute Gasteiger partial charge is 0.472 e. The van der Waals surface area contributed by atoms with Crippen LogP contribution in [0.15, 0.2) is 36.5 Å². The summed E-state index contributed by atoms with van der Waals surface area (Å²) in [5.41, 5.74) is 0. The quantitative estimate of drug-likeness (QED) is 0.0205. The summed E-state index contributed by atoms with van der Waals surface area (Å²) >= 11 is 0. The Hall–Kier alpha value is -1.77. The summed E-state index contributed by atoms with van der Waals surface area (Å²) in [5.74, 6) is -0.484. The van der Waals surface area contributed by atoms with E-state index in [9.17, 15) is 19.0 Å². The van der Waals surface area contributed by atoms with Crippen LogP contribution in [-0.4, -0.2) is 74.3 Å². The van der Waals surface area contributed by atoms with E-state index in [0.29, 0.717) is 23.9 Å². The van der Waals surface area contributed by atoms with E-state index in [1.54, 1.807) is 0 Å². The molecular formula is C77H150N2O7P+. The first kappa shape index (κ1) is 85.2. The maximum atomic E-state index is 13.6. The molecule has 0 saturated carbocycles. The average Bonchev–Trinajstić information content (AvgIpc) is 3.70. The van der Waals surface area contributed by atoms with Crippen molar-refractivity contribution in [1.29, 1.82) is 0 Å². The number of hydrogen-bond donors (Lipinski definition) is 2. The second-order valence-electron chi connectivity index (χ2n) is 27.5. The highest BCUT2D eigenvalue weighted by Gasteiger charge is 2.30. The van der Waals surface area contributed by atoms with Gasteiger partial charge in [0.15, 0.2) is 0 Å². The number of ether oxygens (including phenoxy) is 1. The van der Waals surface area contributed by atoms with Gasteiger partial charge in [-0.15, -0.1) is 0 Å². The number of hydrogen-bond acceptors (Lipinski definition) is 6. The van der Waals surface area contributed by atoms with Gasteiger partial charge in [-0.05, 0) is 63.9 Å². The van der Waals surface area contributed by atoms with Crippen molar-refractivity contribution in [1.82, 2.24) is 5.32 Å². The van der Waals surface area contributed by atoms with Gasteiger partial charge in [-0.2, -0.15) is 0 Å². The van der Waals surface area contributed by atoms with E-state index in [0.717, 1.165) is 64.2 Å². The Morgan fingerprint density at radius 2 is 0.701 bits per heavy atom. The molecule has 10 heteroatoms. The zero-order valence-corrected chi connectivity index (χ0v) is 59.9. The summed E-state index contributed by atoms with van der Waals surface area (Å²) in [6, 6.07) is -0.845. The molecule has 9 nitrogen and oxygen atoms in total. The number of nitrogens with one attached hydrogen (secondary N) is 1. The minimum Gasteiger partial charge on any atom is -0.456 e. The molecule has 0 rings (SSSR count). The van der Waals surface area contributed by atoms with Crippen molar-refractivity contribution in [2.45, 2.75) is 405 Å². The molecule has 0 aromatic heterocycles. The summed E-state index contributed by atoms with van der Waals surface area (Å²) in [5, 5.41) is 3.08. The van der Waals surface area contributed by atoms with Crippen LogP contribution in [0.5, 0.6) is 0 Å². The number of nitrogens with zero attached hydrogens (tertiary/aromatic N) is 1. The molecule has 0 heterocycles. The van der Waals surface area contributed by atoms with Gasteiger partial charge in [0.2, 0.25) is 5.91 Å². The van der Waals surface area contributed by atoms with Gasteiger partial charge in [0.25, 0.3) is 0 Å². The van der Waals surface area contributed by atoms with Crippen molar-refractivity contribution in [3.8, 4) is 0 Å². The fourth-order valence-corrected chi connectivity index (χ4v) is 12.4. The van der Waals surface area contributed by atoms with Crippen LogP contribution in [0.3, 0.4) is 0 Å². The molecule has 0 saturated heterocycles. The maximum absolute atomic E-state index is 13.6. The molecule has 2 N–H and O–H groups in total. The van der Waals surface area contributed by atoms with Gasteiger partial charge in [0, 0.05) is 12.8 Å². The third-order valence-electron chi connectivity index (χ3n) is 17.6. The molecule has 0 aliphatic heterocycles. The normalized spacial score (nSPS) is 13.6. The Morgan fingerprint density at radius 1 is 0.402 bits per heavy atom. The van der Waals surface area contributed by atoms with E-state index >= 15 is 0 Å². The first-order chi connectivity index (χ1) is 42.4. The summed E-state index contributed by atoms with van der Waals surface area (Å²) in [4.78, 5) is 37.9. The third kappa shape index (κ3) is 68.4. The van der Waals surface area contributed by atoms with Gasteiger partial charge < -0.3 is 19.4 Å². The molecule has 0 spiro atoms. The zero-order valence-electron chi connectivity index (χ0n) is 59.0. The van der Waals surface area contributed by atoms with Gasteiger partial charge in [0.05, 0.1) is 33.8 Å². The lowest BCUT2D eigenvalue weighted by molar-refractivity contribution is -0.870. The molecule has 514 valence electrons. The Balaban J connectivity index is 4.88. The number of quaternary nitrogens is 1. The highest BCUT2D eigenvalue weighted by Crippen LogP contribution is 2.43. The molecule has 0 aromatic carbocycles. The summed E-state index contributed by atoms with van der Waals surface area (Å²) < 4.78 is 30.9. The van der Waals surface area contributed by atoms with Gasteiger partial charge >= 0.3 is 13.8 Å². The number of carbonyl (C=O) groups is 2. The number of rotatable bonds is 71. The fraction of sp³-hybridized carbons (Fsp3) is 0.896. The van der Waals surface area contributed by atoms with Crippen molar-refractivity contribution < 1.29 is 37.3 Å². The number of esters is 1. The van der Waals surface area contributed by atoms with E-state index in [4.69, 9.17) is 13.8 Å². The van der Waals surface area contributed by atoms with Crippen LogP contribution in [0.25, 0.3) is 0 Å². The van der Waals surface area contributed by atoms with E-state index in [1.807, 2.05) is 33.3 Å². The second-order valence-corrected chi connectivity index (χ2v) is 29.0. The van der Waals surface area contributed by atoms with Crippen LogP contribution < -0.4 is 5.32 Å². The lowest BCUT2D eigenvalue weighted by Gasteiger charge is -2.27. The topological polar surface area (TPSA) is 111 Å². The van der Waals surface area contributed by atoms with Crippen molar-refractivity contribution in [2.75, 3.05) is 40.9 Å². The average molecular weight is 1250 g/mol. The van der Waals surface area contributed by atoms with Crippen LogP contribution in [0, 0.1) is 0 Å². The molecule has 0 aliphatic carbocycles. The zero-order chi connectivity index (χ0) is 63.5. The molecule has 87 heavy (non-hydrogen) atoms. The molecular weight excluding hydrogens is 1100 g/mol. The fourth-order valence-electron chi connectivity index (χ4n) is 11.7. The molecule has 3 atom stereocenters. The predicted molar refractivity (Wildman–Crippen MR) is 379 cm³/mol. The van der Waals surface area contributed by atoms with E-state index in [2.05, 4.69) is 50.4 Å². The van der Waals surface area contributed by atoms with Crippen LogP contribution in [0.4, 0.5) is 0 Å². The van der Waals surface area contributed by atoms with Crippen molar-refractivity contribution in [2.24, 2.45) is 0 Å². The van der Waals surface area contributed by atoms with Gasteiger partial charge in [-0.3, -0.25) is 18.6 Å². The molecule has 0 fully saturated rings. The standard InChI is InChI=1S/C77H149N2O7P/c1-7-10-13-16-19-22-25-27-29-31-33-35-37-38-39-40-42-43-45-47-49-51-54-57-60-63-66-69-76(80)78-74(73-85-87(82,83)84-72-71-79(4,5)6)75(68-65-62-59-56-53-24-21-18-15-12-9-3)86-77(81)70-67-64-61-58-55-52-50-48-46-44-41-36-34-32-30-28-26-23-20-17-14-11-8-2/h20,23,28,30,65,68,74-75H,7-19,21-22,24-27,29,31-64,66-67,69-73H2,1-6H3,(H-,78,80,82,83)/p+1/b23-20-,30-28-,68-65+. The molecule has 0 aromatic rings. The Bertz CT molecular complexity index is 1580. The number of phosphoric ester groups is 1. The first-order valence-electron chi connectivity index (χ1n) is 38.3. The predicted octanol–water partition coefficient (Wildman–Crippen LogP) is 24.6. The Kier molecular flexibility index (Phi) is 65.8. The Morgan fingerprint density at radius 3 is 1.06 bits per heavy atom. The molecule has 0 bridgehead atoms. The van der Waals surface area contributed by atoms with Crippen molar-refractivity contribution in [3.63, 3.8) is 0 Å². The van der Waals surface area contributed by atoms with Gasteiger partial charge in [-0.1, -0.05) is 353 Å². The highest BCUT2D eigenvalue weighted by molar-refractivity contribution is 7.47. The smallest absolute Gasteiger partial charge is 0.456 e. The molecule has 1 amide bonds. The lowest BCUT2D eigenvalue weighted by atomic mass is 10.0. The maximum Gasteiger partial charge on any atom is 0.472 e. The number of carbonyl (C=O) groups excluding carboxylic acids is 2. The van der Waals surface area contributed by atoms with Crippen molar-refractivity contribution >= 4 is 19.7 Å². The van der Waals surface area contributed by atoms with Gasteiger partial charge in [-0.25, -0.2) is 4.57 Å². The minimum absolute atomic E-state index is 0.0434. The summed E-state index contributed by atoms with van der Waals surface area (Å²) in [6.07, 6.45) is 84.7. The van der Waals surface area contributed by atoms with E-state index < -0.39 is 20.0 Å². The van der Waals surface area contributed by atoms with Crippen LogP contribution in [0.1, 0.15) is 393 Å². The van der Waals surface area contributed by atoms with Crippen LogP contribution in [0.2, 0.25) is 0 Å². The second kappa shape index (κ2) is 67.1. The minimum atomic E-state index is -4.45. The van der Waals surface area contributed by atoms with E-state index in [-0.39, 0.29) is 25.1 Å². The molecule has 3 unspecified atom stereocenters. The monoisotopic (exact) mass is 1250 g/mol. The number of allylic oxidation sites excluding steroid dienone is 5. The lowest BCUT2D eigenvalue weighted by Crippen LogP contribution is -2.47. The molecule has 0 aliphatic rings. The number of likely N-dealkylation sites (N-methyl/N-ethyl adjacent to an activating group) is 1. The van der Waals surface area contributed by atoms with Crippen LogP contribution >= 0.6 is 7.82 Å². The molecule has 0 radical (unpaired) electrons. The first-order valence-corrected chi connectivity index (χ1v) is 39.8. The number of phosphoric acid groups is 1. The van der Waals surface area contributed by atoms with E-state index in [1.165, 1.54) is 295 Å². The third-order valence-corrected chi connectivity index (χ3v) is 18.6. The SMILES string of the molecule is CCCCC/C=C\C/C=C\CCCCCCCCCCCCCCCC(=O)OC(/C=C/CCCCCCCCCCC)C(COP(=O)(O)OCC[N+](C)(C)C)NC(=O)CCCCCCCCCCCCCCCCCCCCCCCCCCCCC. The van der Waals surface area contributed by atoms with Gasteiger partial charge in [0.1, 0.15) is 19.3 Å². The highest BCUT2D eigenvalue weighted by atomic mass is 31.2. The Labute approximate surface area is 542 Å². The number of unbranched alkanes of at least 4 members (excludes halogenated alkanes) is 51. The number of amides is 1. The summed E-state index contributed by atoms with van der Waals surface area (Å²) in [7, 11) is 1.52.